The van der Waals surface area contributed by atoms with Crippen LogP contribution in [0.2, 0.25) is 0 Å². The molecule has 1 aliphatic heterocycles. The Morgan fingerprint density at radius 1 is 0.935 bits per heavy atom. The van der Waals surface area contributed by atoms with Gasteiger partial charge in [-0.3, -0.25) is 4.72 Å². The number of nitrogens with zero attached hydrogens (tertiary/aromatic N) is 1. The van der Waals surface area contributed by atoms with Gasteiger partial charge >= 0.3 is 0 Å². The topological polar surface area (TPSA) is 49.4 Å². The normalized spacial score (nSPS) is 17.0. The Labute approximate surface area is 183 Å². The molecule has 1 N–H and O–H groups in total. The number of hydrogen-bond donors (Lipinski definition) is 1. The fourth-order valence-corrected chi connectivity index (χ4v) is 5.08. The maximum absolute atomic E-state index is 13.0. The van der Waals surface area contributed by atoms with E-state index in [0.717, 1.165) is 24.1 Å². The monoisotopic (exact) mass is 438 g/mol. The van der Waals surface area contributed by atoms with Crippen LogP contribution in [0.15, 0.2) is 77.7 Å². The molecule has 1 saturated heterocycles. The smallest absolute Gasteiger partial charge is 0.261 e. The van der Waals surface area contributed by atoms with Gasteiger partial charge in [-0.25, -0.2) is 12.8 Å². The van der Waals surface area contributed by atoms with Crippen LogP contribution in [-0.4, -0.2) is 32.4 Å². The Hall–Kier alpha value is -2.70. The lowest BCUT2D eigenvalue weighted by Gasteiger charge is -2.20. The van der Waals surface area contributed by atoms with Crippen LogP contribution in [0.1, 0.15) is 25.3 Å². The van der Waals surface area contributed by atoms with E-state index in [1.54, 1.807) is 24.3 Å². The molecule has 0 aliphatic carbocycles. The predicted octanol–water partition coefficient (Wildman–Crippen LogP) is 5.32. The molecular formula is C25H27FN2O2S. The molecule has 0 spiro atoms. The van der Waals surface area contributed by atoms with Crippen LogP contribution in [0.5, 0.6) is 0 Å². The van der Waals surface area contributed by atoms with Crippen molar-refractivity contribution in [2.24, 2.45) is 0 Å². The Kier molecular flexibility index (Phi) is 6.39. The molecule has 0 radical (unpaired) electrons. The molecule has 0 aromatic heterocycles. The van der Waals surface area contributed by atoms with E-state index < -0.39 is 15.8 Å². The first-order chi connectivity index (χ1) is 14.9. The van der Waals surface area contributed by atoms with Crippen LogP contribution >= 0.6 is 0 Å². The molecule has 0 amide bonds. The fraction of sp³-hybridized carbons (Fsp3) is 0.280. The second kappa shape index (κ2) is 9.20. The van der Waals surface area contributed by atoms with Crippen molar-refractivity contribution in [1.29, 1.82) is 0 Å². The van der Waals surface area contributed by atoms with E-state index in [4.69, 9.17) is 0 Å². The molecule has 162 valence electrons. The first-order valence-corrected chi connectivity index (χ1v) is 12.1. The van der Waals surface area contributed by atoms with Crippen molar-refractivity contribution in [3.8, 4) is 11.1 Å². The third kappa shape index (κ3) is 5.32. The van der Waals surface area contributed by atoms with Crippen molar-refractivity contribution in [3.05, 3.63) is 84.2 Å². The average Bonchev–Trinajstić information content (AvgIpc) is 3.19. The van der Waals surface area contributed by atoms with Crippen LogP contribution in [0, 0.1) is 5.82 Å². The lowest BCUT2D eigenvalue weighted by atomic mass is 10.0. The molecule has 6 heteroatoms. The molecule has 0 unspecified atom stereocenters. The number of hydrogen-bond acceptors (Lipinski definition) is 3. The van der Waals surface area contributed by atoms with Gasteiger partial charge in [-0.2, -0.15) is 0 Å². The zero-order valence-electron chi connectivity index (χ0n) is 17.6. The van der Waals surface area contributed by atoms with Gasteiger partial charge in [0, 0.05) is 18.3 Å². The second-order valence-corrected chi connectivity index (χ2v) is 9.79. The largest absolute Gasteiger partial charge is 0.300 e. The maximum atomic E-state index is 13.0. The molecule has 0 bridgehead atoms. The van der Waals surface area contributed by atoms with Crippen LogP contribution in [0.4, 0.5) is 10.1 Å². The summed E-state index contributed by atoms with van der Waals surface area (Å²) < 4.78 is 40.6. The molecule has 3 aromatic rings. The third-order valence-electron chi connectivity index (χ3n) is 5.93. The molecule has 4 rings (SSSR count). The number of benzene rings is 3. The summed E-state index contributed by atoms with van der Waals surface area (Å²) in [5.74, 6) is -0.413. The first-order valence-electron chi connectivity index (χ1n) is 10.6. The van der Waals surface area contributed by atoms with Gasteiger partial charge in [0.2, 0.25) is 0 Å². The van der Waals surface area contributed by atoms with Crippen molar-refractivity contribution in [2.75, 3.05) is 17.8 Å². The van der Waals surface area contributed by atoms with Crippen molar-refractivity contribution in [2.45, 2.75) is 37.1 Å². The molecule has 1 aliphatic rings. The fourth-order valence-electron chi connectivity index (χ4n) is 4.02. The highest BCUT2D eigenvalue weighted by Crippen LogP contribution is 2.24. The van der Waals surface area contributed by atoms with E-state index in [-0.39, 0.29) is 4.90 Å². The van der Waals surface area contributed by atoms with E-state index in [0.29, 0.717) is 11.7 Å². The summed E-state index contributed by atoms with van der Waals surface area (Å²) in [6, 6.07) is 21.2. The minimum absolute atomic E-state index is 0.164. The second-order valence-electron chi connectivity index (χ2n) is 8.11. The van der Waals surface area contributed by atoms with Gasteiger partial charge in [0.25, 0.3) is 10.0 Å². The number of anilines is 1. The standard InChI is InChI=1S/C25H27FN2O2S/c1-19-3-2-17-28(19)18-16-20-4-6-21(7-5-20)22-8-14-25(15-9-22)31(29,30)27-24-12-10-23(26)11-13-24/h4-15,19,27H,2-3,16-18H2,1H3/t19-/m1/s1. The molecule has 1 fully saturated rings. The number of likely N-dealkylation sites (tertiary alicyclic amines) is 1. The van der Waals surface area contributed by atoms with Crippen LogP contribution in [-0.2, 0) is 16.4 Å². The zero-order valence-corrected chi connectivity index (χ0v) is 18.4. The van der Waals surface area contributed by atoms with Gasteiger partial charge < -0.3 is 4.90 Å². The van der Waals surface area contributed by atoms with Gasteiger partial charge in [0.15, 0.2) is 0 Å². The summed E-state index contributed by atoms with van der Waals surface area (Å²) in [7, 11) is -3.73. The quantitative estimate of drug-likeness (QED) is 0.543. The van der Waals surface area contributed by atoms with Crippen molar-refractivity contribution in [3.63, 3.8) is 0 Å². The van der Waals surface area contributed by atoms with Crippen LogP contribution < -0.4 is 4.72 Å². The summed E-state index contributed by atoms with van der Waals surface area (Å²) in [4.78, 5) is 2.71. The van der Waals surface area contributed by atoms with Crippen molar-refractivity contribution in [1.82, 2.24) is 4.90 Å². The Balaban J connectivity index is 1.40. The highest BCUT2D eigenvalue weighted by atomic mass is 32.2. The minimum atomic E-state index is -3.73. The lowest BCUT2D eigenvalue weighted by molar-refractivity contribution is 0.272. The van der Waals surface area contributed by atoms with Gasteiger partial charge in [-0.05, 0) is 85.8 Å². The number of halogens is 1. The molecular weight excluding hydrogens is 411 g/mol. The zero-order chi connectivity index (χ0) is 21.8. The SMILES string of the molecule is C[C@@H]1CCCN1CCc1ccc(-c2ccc(S(=O)(=O)Nc3ccc(F)cc3)cc2)cc1. The molecule has 4 nitrogen and oxygen atoms in total. The lowest BCUT2D eigenvalue weighted by Crippen LogP contribution is -2.28. The molecule has 31 heavy (non-hydrogen) atoms. The summed E-state index contributed by atoms with van der Waals surface area (Å²) in [6.07, 6.45) is 3.63. The Bertz CT molecular complexity index is 1110. The summed E-state index contributed by atoms with van der Waals surface area (Å²) in [5.41, 5.74) is 3.64. The minimum Gasteiger partial charge on any atom is -0.300 e. The van der Waals surface area contributed by atoms with Crippen molar-refractivity contribution < 1.29 is 12.8 Å². The number of nitrogens with one attached hydrogen (secondary N) is 1. The predicted molar refractivity (Wildman–Crippen MR) is 123 cm³/mol. The van der Waals surface area contributed by atoms with Gasteiger partial charge in [0.05, 0.1) is 4.90 Å². The third-order valence-corrected chi connectivity index (χ3v) is 7.32. The average molecular weight is 439 g/mol. The van der Waals surface area contributed by atoms with E-state index in [1.807, 2.05) is 0 Å². The molecule has 0 saturated carbocycles. The Morgan fingerprint density at radius 3 is 2.13 bits per heavy atom. The van der Waals surface area contributed by atoms with E-state index in [1.165, 1.54) is 49.2 Å². The van der Waals surface area contributed by atoms with Crippen molar-refractivity contribution >= 4 is 15.7 Å². The Morgan fingerprint density at radius 2 is 1.55 bits per heavy atom. The number of sulfonamides is 1. The summed E-state index contributed by atoms with van der Waals surface area (Å²) >= 11 is 0. The van der Waals surface area contributed by atoms with Crippen LogP contribution in [0.25, 0.3) is 11.1 Å². The van der Waals surface area contributed by atoms with E-state index >= 15 is 0 Å². The summed E-state index contributed by atoms with van der Waals surface area (Å²) in [5, 5.41) is 0. The first kappa shape index (κ1) is 21.5. The van der Waals surface area contributed by atoms with Gasteiger partial charge in [-0.15, -0.1) is 0 Å². The van der Waals surface area contributed by atoms with Gasteiger partial charge in [0.1, 0.15) is 5.82 Å². The van der Waals surface area contributed by atoms with E-state index in [9.17, 15) is 12.8 Å². The number of rotatable bonds is 7. The molecule has 1 heterocycles. The van der Waals surface area contributed by atoms with E-state index in [2.05, 4.69) is 40.8 Å². The maximum Gasteiger partial charge on any atom is 0.261 e. The highest BCUT2D eigenvalue weighted by molar-refractivity contribution is 7.92. The summed E-state index contributed by atoms with van der Waals surface area (Å²) in [6.45, 7) is 4.59. The highest BCUT2D eigenvalue weighted by Gasteiger charge is 2.19. The van der Waals surface area contributed by atoms with Gasteiger partial charge in [-0.1, -0.05) is 36.4 Å². The van der Waals surface area contributed by atoms with Crippen LogP contribution in [0.3, 0.4) is 0 Å². The molecule has 1 atom stereocenters. The molecule has 3 aromatic carbocycles.